The molecule has 0 unspecified atom stereocenters. The van der Waals surface area contributed by atoms with Gasteiger partial charge in [-0.1, -0.05) is 133 Å². The normalized spacial score (nSPS) is 12.6. The predicted octanol–water partition coefficient (Wildman–Crippen LogP) is 6.68. The molecule has 42 heavy (non-hydrogen) atoms. The fourth-order valence-corrected chi connectivity index (χ4v) is 12.4. The van der Waals surface area contributed by atoms with E-state index in [1.54, 1.807) is 0 Å². The van der Waals surface area contributed by atoms with E-state index in [-0.39, 0.29) is 0 Å². The third-order valence-corrected chi connectivity index (χ3v) is 14.3. The van der Waals surface area contributed by atoms with E-state index in [2.05, 4.69) is 162 Å². The van der Waals surface area contributed by atoms with Gasteiger partial charge in [0, 0.05) is 4.90 Å². The first-order valence-corrected chi connectivity index (χ1v) is 17.3. The molecule has 2 nitrogen and oxygen atoms in total. The molecular weight excluding hydrogens is 545 g/mol. The van der Waals surface area contributed by atoms with Crippen molar-refractivity contribution in [2.24, 2.45) is 0 Å². The number of thioether (sulfide) groups is 1. The lowest BCUT2D eigenvalue weighted by molar-refractivity contribution is 0.945. The molecule has 0 N–H and O–H groups in total. The smallest absolute Gasteiger partial charge is 0.179 e. The zero-order chi connectivity index (χ0) is 27.9. The molecule has 8 rings (SSSR count). The molecule has 0 fully saturated rings. The number of nitrogens with zero attached hydrogens (tertiary/aromatic N) is 2. The van der Waals surface area contributed by atoms with Crippen LogP contribution in [0, 0.1) is 0 Å². The molecule has 0 aliphatic carbocycles. The van der Waals surface area contributed by atoms with E-state index in [4.69, 9.17) is 4.98 Å². The molecule has 4 heteroatoms. The summed E-state index contributed by atoms with van der Waals surface area (Å²) in [5.74, 6) is 1.99. The number of aromatic nitrogens is 2. The van der Waals surface area contributed by atoms with Crippen LogP contribution in [0.1, 0.15) is 5.82 Å². The first-order valence-electron chi connectivity index (χ1n) is 14.3. The maximum Gasteiger partial charge on any atom is 0.179 e. The highest BCUT2D eigenvalue weighted by Gasteiger charge is 2.41. The molecule has 1 aliphatic heterocycles. The Kier molecular flexibility index (Phi) is 6.17. The number of hydrogen-bond acceptors (Lipinski definition) is 2. The van der Waals surface area contributed by atoms with Crippen molar-refractivity contribution in [1.82, 2.24) is 9.55 Å². The average Bonchev–Trinajstić information content (AvgIpc) is 3.46. The fraction of sp³-hybridized carbons (Fsp3) is 0.0263. The first kappa shape index (κ1) is 25.1. The van der Waals surface area contributed by atoms with Crippen LogP contribution < -0.4 is 20.7 Å². The Hall–Kier alpha value is -4.64. The second kappa shape index (κ2) is 10.3. The summed E-state index contributed by atoms with van der Waals surface area (Å²) in [4.78, 5) is 6.20. The van der Waals surface area contributed by atoms with Crippen LogP contribution in [0.4, 0.5) is 0 Å². The Morgan fingerprint density at radius 3 is 1.76 bits per heavy atom. The van der Waals surface area contributed by atoms with E-state index in [0.29, 0.717) is 0 Å². The van der Waals surface area contributed by atoms with Gasteiger partial charge in [0.05, 0.1) is 22.5 Å². The number of hydrogen-bond donors (Lipinski definition) is 0. The van der Waals surface area contributed by atoms with Gasteiger partial charge in [0.1, 0.15) is 5.82 Å². The molecule has 1 aromatic heterocycles. The van der Waals surface area contributed by atoms with E-state index >= 15 is 0 Å². The van der Waals surface area contributed by atoms with Gasteiger partial charge in [-0.3, -0.25) is 4.57 Å². The molecule has 0 saturated heterocycles. The van der Waals surface area contributed by atoms with E-state index in [1.165, 1.54) is 48.0 Å². The molecule has 7 aromatic rings. The van der Waals surface area contributed by atoms with Gasteiger partial charge < -0.3 is 0 Å². The number of fused-ring (bicyclic) bond motifs is 5. The van der Waals surface area contributed by atoms with Gasteiger partial charge in [-0.25, -0.2) is 4.98 Å². The maximum atomic E-state index is 4.90. The topological polar surface area (TPSA) is 17.8 Å². The monoisotopic (exact) mass is 572 g/mol. The van der Waals surface area contributed by atoms with Crippen LogP contribution >= 0.6 is 11.8 Å². The molecule has 0 radical (unpaired) electrons. The Morgan fingerprint density at radius 1 is 0.524 bits per heavy atom. The lowest BCUT2D eigenvalue weighted by Gasteiger charge is -2.34. The SMILES string of the molecule is c1ccc([Si](c2ccccc2)(c2ccccc2)c2cccc(-c3ccc4c(c3)SCc3nc5ccccc5n3-4)c2)cc1. The molecule has 1 aliphatic rings. The summed E-state index contributed by atoms with van der Waals surface area (Å²) >= 11 is 1.88. The van der Waals surface area contributed by atoms with E-state index in [0.717, 1.165) is 17.1 Å². The van der Waals surface area contributed by atoms with Crippen LogP contribution in [0.5, 0.6) is 0 Å². The molecule has 6 aromatic carbocycles. The summed E-state index contributed by atoms with van der Waals surface area (Å²) in [7, 11) is -2.58. The second-order valence-electron chi connectivity index (χ2n) is 10.8. The molecule has 0 atom stereocenters. The van der Waals surface area contributed by atoms with Crippen molar-refractivity contribution in [1.29, 1.82) is 0 Å². The minimum Gasteiger partial charge on any atom is -0.294 e. The zero-order valence-corrected chi connectivity index (χ0v) is 24.8. The lowest BCUT2D eigenvalue weighted by atomic mass is 10.1. The highest BCUT2D eigenvalue weighted by atomic mass is 32.2. The van der Waals surface area contributed by atoms with Crippen molar-refractivity contribution in [3.8, 4) is 16.8 Å². The van der Waals surface area contributed by atoms with Gasteiger partial charge in [-0.2, -0.15) is 0 Å². The quantitative estimate of drug-likeness (QED) is 0.169. The van der Waals surface area contributed by atoms with Gasteiger partial charge in [0.2, 0.25) is 0 Å². The molecule has 200 valence electrons. The molecular formula is C38H28N2SSi. The van der Waals surface area contributed by atoms with Crippen molar-refractivity contribution in [2.45, 2.75) is 10.6 Å². The third-order valence-electron chi connectivity index (χ3n) is 8.44. The number of imidazole rings is 1. The predicted molar refractivity (Wildman–Crippen MR) is 180 cm³/mol. The summed E-state index contributed by atoms with van der Waals surface area (Å²) < 4.78 is 2.33. The van der Waals surface area contributed by atoms with E-state index < -0.39 is 8.07 Å². The van der Waals surface area contributed by atoms with Gasteiger partial charge in [-0.05, 0) is 56.1 Å². The molecule has 0 saturated carbocycles. The Labute approximate surface area is 251 Å². The summed E-state index contributed by atoms with van der Waals surface area (Å²) in [6, 6.07) is 58.0. The standard InChI is InChI=1S/C38H28N2SSi/c1-4-14-30(15-5-1)42(31-16-6-2-7-17-31,32-18-8-3-9-19-32)33-20-12-13-28(25-33)29-23-24-36-37(26-29)41-27-38-39-34-21-10-11-22-35(34)40(36)38/h1-26H,27H2. The summed E-state index contributed by atoms with van der Waals surface area (Å²) in [6.45, 7) is 0. The summed E-state index contributed by atoms with van der Waals surface area (Å²) in [5.41, 5.74) is 5.94. The number of rotatable bonds is 5. The largest absolute Gasteiger partial charge is 0.294 e. The minimum absolute atomic E-state index is 0.872. The number of para-hydroxylation sites is 2. The van der Waals surface area contributed by atoms with E-state index in [9.17, 15) is 0 Å². The van der Waals surface area contributed by atoms with Gasteiger partial charge in [0.25, 0.3) is 0 Å². The second-order valence-corrected chi connectivity index (χ2v) is 15.6. The van der Waals surface area contributed by atoms with E-state index in [1.807, 2.05) is 11.8 Å². The average molecular weight is 573 g/mol. The molecule has 0 amide bonds. The Bertz CT molecular complexity index is 1940. The van der Waals surface area contributed by atoms with Crippen LogP contribution in [0.15, 0.2) is 163 Å². The van der Waals surface area contributed by atoms with Crippen LogP contribution in [-0.4, -0.2) is 17.6 Å². The van der Waals surface area contributed by atoms with Crippen molar-refractivity contribution < 1.29 is 0 Å². The van der Waals surface area contributed by atoms with Gasteiger partial charge in [0.15, 0.2) is 8.07 Å². The zero-order valence-electron chi connectivity index (χ0n) is 23.0. The maximum absolute atomic E-state index is 4.90. The van der Waals surface area contributed by atoms with Crippen LogP contribution in [0.25, 0.3) is 27.8 Å². The van der Waals surface area contributed by atoms with Gasteiger partial charge in [-0.15, -0.1) is 11.8 Å². The van der Waals surface area contributed by atoms with Crippen molar-refractivity contribution in [2.75, 3.05) is 0 Å². The molecule has 2 heterocycles. The first-order chi connectivity index (χ1) is 20.8. The Morgan fingerprint density at radius 2 is 1.10 bits per heavy atom. The molecule has 0 spiro atoms. The van der Waals surface area contributed by atoms with Gasteiger partial charge >= 0.3 is 0 Å². The minimum atomic E-state index is -2.58. The highest BCUT2D eigenvalue weighted by Crippen LogP contribution is 2.39. The van der Waals surface area contributed by atoms with Crippen molar-refractivity contribution in [3.05, 3.63) is 164 Å². The van der Waals surface area contributed by atoms with Crippen molar-refractivity contribution in [3.63, 3.8) is 0 Å². The number of benzene rings is 6. The lowest BCUT2D eigenvalue weighted by Crippen LogP contribution is -2.74. The summed E-state index contributed by atoms with van der Waals surface area (Å²) in [6.07, 6.45) is 0. The highest BCUT2D eigenvalue weighted by molar-refractivity contribution is 7.98. The molecule has 0 bridgehead atoms. The fourth-order valence-electron chi connectivity index (χ4n) is 6.57. The van der Waals surface area contributed by atoms with Crippen LogP contribution in [-0.2, 0) is 5.75 Å². The summed E-state index contributed by atoms with van der Waals surface area (Å²) in [5, 5.41) is 5.55. The van der Waals surface area contributed by atoms with Crippen LogP contribution in [0.3, 0.4) is 0 Å². The third kappa shape index (κ3) is 3.98. The Balaban J connectivity index is 1.31. The van der Waals surface area contributed by atoms with Crippen LogP contribution in [0.2, 0.25) is 0 Å². The van der Waals surface area contributed by atoms with Crippen molar-refractivity contribution >= 4 is 51.6 Å².